The van der Waals surface area contributed by atoms with Crippen molar-refractivity contribution in [1.29, 1.82) is 0 Å². The highest BCUT2D eigenvalue weighted by Gasteiger charge is 2.41. The zero-order valence-corrected chi connectivity index (χ0v) is 12.1. The van der Waals surface area contributed by atoms with Gasteiger partial charge in [-0.05, 0) is 30.7 Å². The first-order valence-electron chi connectivity index (χ1n) is 7.00. The average Bonchev–Trinajstić information content (AvgIpc) is 2.46. The van der Waals surface area contributed by atoms with Crippen LogP contribution in [0.1, 0.15) is 36.9 Å². The van der Waals surface area contributed by atoms with Gasteiger partial charge in [0, 0.05) is 45.6 Å². The predicted molar refractivity (Wildman–Crippen MR) is 75.2 cm³/mol. The molecule has 0 bridgehead atoms. The molecular formula is C15H24N2O2. The van der Waals surface area contributed by atoms with Crippen LogP contribution in [0.15, 0.2) is 18.5 Å². The fourth-order valence-corrected chi connectivity index (χ4v) is 2.89. The molecule has 0 radical (unpaired) electrons. The van der Waals surface area contributed by atoms with Crippen LogP contribution in [-0.4, -0.2) is 37.5 Å². The Balaban J connectivity index is 2.35. The number of nitrogens with zero attached hydrogens (tertiary/aromatic N) is 1. The van der Waals surface area contributed by atoms with E-state index in [1.54, 1.807) is 7.11 Å². The standard InChI is InChI=1S/C15H24N2O2/c1-4-17-14(13-11-16-8-5-12(13)2)15(18-3)6-9-19-10-7-15/h5,8,11,14,17H,4,6-7,9-10H2,1-3H3. The van der Waals surface area contributed by atoms with Crippen molar-refractivity contribution in [2.45, 2.75) is 38.3 Å². The minimum atomic E-state index is -0.192. The maximum atomic E-state index is 5.93. The number of ether oxygens (including phenoxy) is 2. The molecule has 0 spiro atoms. The van der Waals surface area contributed by atoms with Gasteiger partial charge in [-0.15, -0.1) is 0 Å². The number of hydrogen-bond acceptors (Lipinski definition) is 4. The van der Waals surface area contributed by atoms with Gasteiger partial charge >= 0.3 is 0 Å². The summed E-state index contributed by atoms with van der Waals surface area (Å²) in [6.45, 7) is 6.68. The van der Waals surface area contributed by atoms with E-state index in [1.807, 2.05) is 12.4 Å². The van der Waals surface area contributed by atoms with Crippen molar-refractivity contribution in [3.63, 3.8) is 0 Å². The van der Waals surface area contributed by atoms with Gasteiger partial charge in [-0.1, -0.05) is 6.92 Å². The fourth-order valence-electron chi connectivity index (χ4n) is 2.89. The number of nitrogens with one attached hydrogen (secondary N) is 1. The normalized spacial score (nSPS) is 20.2. The van der Waals surface area contributed by atoms with Crippen LogP contribution in [0.5, 0.6) is 0 Å². The Bertz CT molecular complexity index is 403. The molecule has 1 fully saturated rings. The highest BCUT2D eigenvalue weighted by atomic mass is 16.5. The number of rotatable bonds is 5. The summed E-state index contributed by atoms with van der Waals surface area (Å²) in [6.07, 6.45) is 5.62. The van der Waals surface area contributed by atoms with Crippen LogP contribution in [0.4, 0.5) is 0 Å². The maximum absolute atomic E-state index is 5.93. The second-order valence-electron chi connectivity index (χ2n) is 5.10. The third kappa shape index (κ3) is 2.96. The molecular weight excluding hydrogens is 240 g/mol. The second-order valence-corrected chi connectivity index (χ2v) is 5.10. The van der Waals surface area contributed by atoms with Gasteiger partial charge in [-0.25, -0.2) is 0 Å². The van der Waals surface area contributed by atoms with Gasteiger partial charge in [0.05, 0.1) is 11.6 Å². The number of hydrogen-bond donors (Lipinski definition) is 1. The van der Waals surface area contributed by atoms with Crippen molar-refractivity contribution < 1.29 is 9.47 Å². The van der Waals surface area contributed by atoms with E-state index in [0.717, 1.165) is 32.6 Å². The van der Waals surface area contributed by atoms with Gasteiger partial charge in [0.25, 0.3) is 0 Å². The van der Waals surface area contributed by atoms with Crippen molar-refractivity contribution in [2.24, 2.45) is 0 Å². The van der Waals surface area contributed by atoms with E-state index in [9.17, 15) is 0 Å². The lowest BCUT2D eigenvalue weighted by molar-refractivity contribution is -0.111. The summed E-state index contributed by atoms with van der Waals surface area (Å²) in [6, 6.07) is 2.22. The highest BCUT2D eigenvalue weighted by Crippen LogP contribution is 2.38. The number of likely N-dealkylation sites (N-methyl/N-ethyl adjacent to an activating group) is 1. The van der Waals surface area contributed by atoms with Gasteiger partial charge in [-0.3, -0.25) is 4.98 Å². The highest BCUT2D eigenvalue weighted by molar-refractivity contribution is 5.28. The quantitative estimate of drug-likeness (QED) is 0.885. The first-order valence-corrected chi connectivity index (χ1v) is 7.00. The Labute approximate surface area is 115 Å². The molecule has 1 aromatic rings. The largest absolute Gasteiger partial charge is 0.381 e. The summed E-state index contributed by atoms with van der Waals surface area (Å²) in [7, 11) is 1.81. The molecule has 0 amide bonds. The molecule has 4 heteroatoms. The third-order valence-corrected chi connectivity index (χ3v) is 4.07. The summed E-state index contributed by atoms with van der Waals surface area (Å²) in [5, 5.41) is 3.58. The molecule has 1 unspecified atom stereocenters. The van der Waals surface area contributed by atoms with Crippen LogP contribution in [0.2, 0.25) is 0 Å². The molecule has 0 saturated carbocycles. The maximum Gasteiger partial charge on any atom is 0.0916 e. The molecule has 4 nitrogen and oxygen atoms in total. The van der Waals surface area contributed by atoms with Gasteiger partial charge in [-0.2, -0.15) is 0 Å². The van der Waals surface area contributed by atoms with E-state index in [0.29, 0.717) is 0 Å². The Morgan fingerprint density at radius 1 is 1.47 bits per heavy atom. The van der Waals surface area contributed by atoms with E-state index in [4.69, 9.17) is 9.47 Å². The number of aryl methyl sites for hydroxylation is 1. The number of aromatic nitrogens is 1. The summed E-state index contributed by atoms with van der Waals surface area (Å²) >= 11 is 0. The summed E-state index contributed by atoms with van der Waals surface area (Å²) in [5.74, 6) is 0. The first-order chi connectivity index (χ1) is 9.23. The monoisotopic (exact) mass is 264 g/mol. The number of pyridine rings is 1. The Morgan fingerprint density at radius 2 is 2.21 bits per heavy atom. The van der Waals surface area contributed by atoms with Gasteiger partial charge in [0.1, 0.15) is 0 Å². The van der Waals surface area contributed by atoms with Crippen molar-refractivity contribution in [3.8, 4) is 0 Å². The van der Waals surface area contributed by atoms with Crippen LogP contribution in [0.3, 0.4) is 0 Å². The third-order valence-electron chi connectivity index (χ3n) is 4.07. The lowest BCUT2D eigenvalue weighted by Gasteiger charge is -2.43. The summed E-state index contributed by atoms with van der Waals surface area (Å²) < 4.78 is 11.4. The van der Waals surface area contributed by atoms with E-state index in [2.05, 4.69) is 30.2 Å². The fraction of sp³-hybridized carbons (Fsp3) is 0.667. The van der Waals surface area contributed by atoms with Crippen molar-refractivity contribution in [1.82, 2.24) is 10.3 Å². The van der Waals surface area contributed by atoms with Crippen molar-refractivity contribution in [3.05, 3.63) is 29.6 Å². The molecule has 1 aliphatic rings. The smallest absolute Gasteiger partial charge is 0.0916 e. The van der Waals surface area contributed by atoms with E-state index >= 15 is 0 Å². The summed E-state index contributed by atoms with van der Waals surface area (Å²) in [5.41, 5.74) is 2.29. The van der Waals surface area contributed by atoms with Gasteiger partial charge < -0.3 is 14.8 Å². The lowest BCUT2D eigenvalue weighted by Crippen LogP contribution is -2.49. The molecule has 0 aromatic carbocycles. The molecule has 106 valence electrons. The molecule has 0 aliphatic carbocycles. The van der Waals surface area contributed by atoms with E-state index in [-0.39, 0.29) is 11.6 Å². The number of methoxy groups -OCH3 is 1. The Morgan fingerprint density at radius 3 is 2.79 bits per heavy atom. The molecule has 1 aliphatic heterocycles. The minimum absolute atomic E-state index is 0.167. The summed E-state index contributed by atoms with van der Waals surface area (Å²) in [4.78, 5) is 4.28. The zero-order chi connectivity index (χ0) is 13.7. The molecule has 1 N–H and O–H groups in total. The molecule has 1 aromatic heterocycles. The molecule has 2 heterocycles. The predicted octanol–water partition coefficient (Wildman–Crippen LogP) is 2.24. The first kappa shape index (κ1) is 14.4. The Hall–Kier alpha value is -0.970. The van der Waals surface area contributed by atoms with E-state index < -0.39 is 0 Å². The van der Waals surface area contributed by atoms with Crippen molar-refractivity contribution >= 4 is 0 Å². The van der Waals surface area contributed by atoms with Crippen molar-refractivity contribution in [2.75, 3.05) is 26.9 Å². The molecule has 19 heavy (non-hydrogen) atoms. The van der Waals surface area contributed by atoms with Crippen LogP contribution in [0, 0.1) is 6.92 Å². The molecule has 2 rings (SSSR count). The minimum Gasteiger partial charge on any atom is -0.381 e. The lowest BCUT2D eigenvalue weighted by atomic mass is 9.81. The zero-order valence-electron chi connectivity index (χ0n) is 12.1. The van der Waals surface area contributed by atoms with Crippen LogP contribution in [0.25, 0.3) is 0 Å². The van der Waals surface area contributed by atoms with Crippen LogP contribution in [-0.2, 0) is 9.47 Å². The van der Waals surface area contributed by atoms with Gasteiger partial charge in [0.15, 0.2) is 0 Å². The average molecular weight is 264 g/mol. The SMILES string of the molecule is CCNC(c1cnccc1C)C1(OC)CCOCC1. The van der Waals surface area contributed by atoms with Crippen LogP contribution < -0.4 is 5.32 Å². The van der Waals surface area contributed by atoms with Crippen LogP contribution >= 0.6 is 0 Å². The topological polar surface area (TPSA) is 43.4 Å². The van der Waals surface area contributed by atoms with E-state index in [1.165, 1.54) is 11.1 Å². The Kier molecular flexibility index (Phi) is 4.91. The molecule has 1 saturated heterocycles. The molecule has 1 atom stereocenters. The van der Waals surface area contributed by atoms with Gasteiger partial charge in [0.2, 0.25) is 0 Å². The second kappa shape index (κ2) is 6.46.